The quantitative estimate of drug-likeness (QED) is 0.372. The van der Waals surface area contributed by atoms with Crippen LogP contribution in [0.5, 0.6) is 0 Å². The maximum atomic E-state index is 11.4. The molecule has 88 valence electrons. The van der Waals surface area contributed by atoms with Gasteiger partial charge in [0.05, 0.1) is 6.26 Å². The van der Waals surface area contributed by atoms with E-state index < -0.39 is 5.91 Å². The fourth-order valence-electron chi connectivity index (χ4n) is 1.31. The van der Waals surface area contributed by atoms with Crippen LogP contribution >= 0.6 is 11.8 Å². The third-order valence-corrected chi connectivity index (χ3v) is 3.19. The van der Waals surface area contributed by atoms with Gasteiger partial charge < -0.3 is 4.42 Å². The molecule has 2 heterocycles. The second-order valence-corrected chi connectivity index (χ2v) is 4.27. The number of carbonyl (C=O) groups excluding carboxylic acids is 1. The standard InChI is InChI=1S/C11H11N3O2S/c12-14-11(15)10-8(3-6-16-10)7-17-9-1-4-13-5-2-9/h1-6H,7,12H2,(H,14,15). The molecule has 0 aromatic carbocycles. The van der Waals surface area contributed by atoms with Crippen LogP contribution in [0.25, 0.3) is 0 Å². The van der Waals surface area contributed by atoms with Crippen molar-refractivity contribution >= 4 is 17.7 Å². The van der Waals surface area contributed by atoms with Gasteiger partial charge in [-0.2, -0.15) is 0 Å². The predicted molar refractivity (Wildman–Crippen MR) is 64.2 cm³/mol. The molecule has 5 nitrogen and oxygen atoms in total. The Hall–Kier alpha value is -1.79. The number of thioether (sulfide) groups is 1. The summed E-state index contributed by atoms with van der Waals surface area (Å²) in [4.78, 5) is 16.4. The zero-order valence-electron chi connectivity index (χ0n) is 8.92. The van der Waals surface area contributed by atoms with Gasteiger partial charge in [-0.3, -0.25) is 15.2 Å². The van der Waals surface area contributed by atoms with Gasteiger partial charge in [0.2, 0.25) is 0 Å². The number of nitrogens with zero attached hydrogens (tertiary/aromatic N) is 1. The monoisotopic (exact) mass is 249 g/mol. The van der Waals surface area contributed by atoms with Gasteiger partial charge in [-0.05, 0) is 18.2 Å². The van der Waals surface area contributed by atoms with Crippen molar-refractivity contribution in [1.82, 2.24) is 10.4 Å². The Morgan fingerprint density at radius 2 is 2.18 bits per heavy atom. The number of nitrogens with one attached hydrogen (secondary N) is 1. The molecule has 2 aromatic rings. The van der Waals surface area contributed by atoms with Crippen LogP contribution in [-0.4, -0.2) is 10.9 Å². The lowest BCUT2D eigenvalue weighted by Gasteiger charge is -2.01. The number of pyridine rings is 1. The van der Waals surface area contributed by atoms with E-state index in [9.17, 15) is 4.79 Å². The second kappa shape index (κ2) is 5.51. The molecular formula is C11H11N3O2S. The number of hydrogen-bond donors (Lipinski definition) is 2. The maximum Gasteiger partial charge on any atom is 0.301 e. The Morgan fingerprint density at radius 3 is 2.88 bits per heavy atom. The Labute approximate surface area is 102 Å². The second-order valence-electron chi connectivity index (χ2n) is 3.22. The molecule has 2 rings (SSSR count). The number of rotatable bonds is 4. The fourth-order valence-corrected chi connectivity index (χ4v) is 2.17. The normalized spacial score (nSPS) is 10.2. The van der Waals surface area contributed by atoms with E-state index in [0.29, 0.717) is 5.75 Å². The van der Waals surface area contributed by atoms with Gasteiger partial charge >= 0.3 is 5.91 Å². The van der Waals surface area contributed by atoms with Crippen LogP contribution < -0.4 is 11.3 Å². The number of hydrogen-bond acceptors (Lipinski definition) is 5. The fraction of sp³-hybridized carbons (Fsp3) is 0.0909. The largest absolute Gasteiger partial charge is 0.459 e. The van der Waals surface area contributed by atoms with Crippen LogP contribution in [0.3, 0.4) is 0 Å². The van der Waals surface area contributed by atoms with Crippen LogP contribution in [0.2, 0.25) is 0 Å². The molecule has 0 unspecified atom stereocenters. The van der Waals surface area contributed by atoms with E-state index in [4.69, 9.17) is 10.3 Å². The third-order valence-electron chi connectivity index (χ3n) is 2.13. The summed E-state index contributed by atoms with van der Waals surface area (Å²) < 4.78 is 5.09. The van der Waals surface area contributed by atoms with Gasteiger partial charge in [0, 0.05) is 28.6 Å². The predicted octanol–water partition coefficient (Wildman–Crippen LogP) is 1.57. The van der Waals surface area contributed by atoms with Gasteiger partial charge in [-0.15, -0.1) is 11.8 Å². The molecule has 0 bridgehead atoms. The van der Waals surface area contributed by atoms with Crippen LogP contribution in [0.15, 0.2) is 46.2 Å². The van der Waals surface area contributed by atoms with E-state index in [0.717, 1.165) is 10.5 Å². The molecule has 2 aromatic heterocycles. The zero-order valence-corrected chi connectivity index (χ0v) is 9.74. The topological polar surface area (TPSA) is 81.1 Å². The number of furan rings is 1. The van der Waals surface area contributed by atoms with Crippen LogP contribution in [0.1, 0.15) is 16.1 Å². The number of hydrazine groups is 1. The molecule has 0 aliphatic carbocycles. The molecule has 0 fully saturated rings. The number of carbonyl (C=O) groups is 1. The summed E-state index contributed by atoms with van der Waals surface area (Å²) in [6.45, 7) is 0. The Balaban J connectivity index is 2.05. The highest BCUT2D eigenvalue weighted by Crippen LogP contribution is 2.24. The van der Waals surface area contributed by atoms with E-state index in [1.165, 1.54) is 6.26 Å². The van der Waals surface area contributed by atoms with Crippen molar-refractivity contribution in [1.29, 1.82) is 0 Å². The molecule has 0 spiro atoms. The molecule has 0 radical (unpaired) electrons. The van der Waals surface area contributed by atoms with Crippen molar-refractivity contribution in [3.05, 3.63) is 48.2 Å². The highest BCUT2D eigenvalue weighted by molar-refractivity contribution is 7.98. The van der Waals surface area contributed by atoms with Gasteiger partial charge in [0.25, 0.3) is 0 Å². The molecule has 1 amide bonds. The maximum absolute atomic E-state index is 11.4. The minimum absolute atomic E-state index is 0.258. The van der Waals surface area contributed by atoms with E-state index in [1.807, 2.05) is 12.1 Å². The molecule has 3 N–H and O–H groups in total. The summed E-state index contributed by atoms with van der Waals surface area (Å²) in [6, 6.07) is 5.58. The van der Waals surface area contributed by atoms with Crippen molar-refractivity contribution in [2.45, 2.75) is 10.6 Å². The molecule has 0 saturated heterocycles. The molecule has 0 atom stereocenters. The van der Waals surface area contributed by atoms with Crippen LogP contribution in [0.4, 0.5) is 0 Å². The van der Waals surface area contributed by atoms with Crippen LogP contribution in [0, 0.1) is 0 Å². The highest BCUT2D eigenvalue weighted by Gasteiger charge is 2.13. The van der Waals surface area contributed by atoms with Gasteiger partial charge in [-0.1, -0.05) is 0 Å². The highest BCUT2D eigenvalue weighted by atomic mass is 32.2. The van der Waals surface area contributed by atoms with Gasteiger partial charge in [-0.25, -0.2) is 5.84 Å². The summed E-state index contributed by atoms with van der Waals surface area (Å²) in [5, 5.41) is 0. The van der Waals surface area contributed by atoms with E-state index in [2.05, 4.69) is 10.4 Å². The summed E-state index contributed by atoms with van der Waals surface area (Å²) >= 11 is 1.60. The van der Waals surface area contributed by atoms with Crippen molar-refractivity contribution in [2.24, 2.45) is 5.84 Å². The minimum atomic E-state index is -0.416. The van der Waals surface area contributed by atoms with E-state index in [-0.39, 0.29) is 5.76 Å². The molecule has 6 heteroatoms. The lowest BCUT2D eigenvalue weighted by Crippen LogP contribution is -2.30. The number of nitrogen functional groups attached to an aromatic ring is 1. The Morgan fingerprint density at radius 1 is 1.41 bits per heavy atom. The lowest BCUT2D eigenvalue weighted by molar-refractivity contribution is 0.0925. The SMILES string of the molecule is NNC(=O)c1occc1CSc1ccncc1. The average molecular weight is 249 g/mol. The van der Waals surface area contributed by atoms with Crippen molar-refractivity contribution in [3.63, 3.8) is 0 Å². The zero-order chi connectivity index (χ0) is 12.1. The van der Waals surface area contributed by atoms with Crippen molar-refractivity contribution in [3.8, 4) is 0 Å². The van der Waals surface area contributed by atoms with E-state index in [1.54, 1.807) is 30.2 Å². The summed E-state index contributed by atoms with van der Waals surface area (Å²) in [7, 11) is 0. The average Bonchev–Trinajstić information content (AvgIpc) is 2.85. The van der Waals surface area contributed by atoms with Gasteiger partial charge in [0.15, 0.2) is 5.76 Å². The first kappa shape index (κ1) is 11.7. The molecule has 0 saturated carbocycles. The van der Waals surface area contributed by atoms with Crippen molar-refractivity contribution < 1.29 is 9.21 Å². The molecule has 0 aliphatic rings. The minimum Gasteiger partial charge on any atom is -0.459 e. The number of amides is 1. The summed E-state index contributed by atoms with van der Waals surface area (Å²) in [5.41, 5.74) is 2.87. The van der Waals surface area contributed by atoms with E-state index >= 15 is 0 Å². The summed E-state index contributed by atoms with van der Waals surface area (Å²) in [6.07, 6.45) is 4.93. The first-order valence-corrected chi connectivity index (χ1v) is 5.90. The molecule has 0 aliphatic heterocycles. The van der Waals surface area contributed by atoms with Crippen LogP contribution in [-0.2, 0) is 5.75 Å². The third kappa shape index (κ3) is 2.86. The molecular weight excluding hydrogens is 238 g/mol. The number of aromatic nitrogens is 1. The first-order chi connectivity index (χ1) is 8.31. The first-order valence-electron chi connectivity index (χ1n) is 4.91. The Kier molecular flexibility index (Phi) is 3.79. The lowest BCUT2D eigenvalue weighted by atomic mass is 10.3. The molecule has 17 heavy (non-hydrogen) atoms. The Bertz CT molecular complexity index is 498. The number of nitrogens with two attached hydrogens (primary N) is 1. The van der Waals surface area contributed by atoms with Crippen molar-refractivity contribution in [2.75, 3.05) is 0 Å². The smallest absolute Gasteiger partial charge is 0.301 e. The van der Waals surface area contributed by atoms with Gasteiger partial charge in [0.1, 0.15) is 0 Å². The summed E-state index contributed by atoms with van der Waals surface area (Å²) in [5.74, 6) is 5.55.